The molecule has 2 fully saturated rings. The summed E-state index contributed by atoms with van der Waals surface area (Å²) in [5, 5.41) is 0. The molecule has 3 nitrogen and oxygen atoms in total. The molecule has 0 radical (unpaired) electrons. The number of likely N-dealkylation sites (tertiary alicyclic amines) is 1. The average molecular weight is 198 g/mol. The van der Waals surface area contributed by atoms with Gasteiger partial charge in [-0.05, 0) is 45.3 Å². The average Bonchev–Trinajstić information content (AvgIpc) is 2.12. The summed E-state index contributed by atoms with van der Waals surface area (Å²) in [5.41, 5.74) is 5.86. The monoisotopic (exact) mass is 198 g/mol. The molecular weight excluding hydrogens is 176 g/mol. The summed E-state index contributed by atoms with van der Waals surface area (Å²) in [6.07, 6.45) is 5.06. The van der Waals surface area contributed by atoms with Gasteiger partial charge in [-0.15, -0.1) is 0 Å². The van der Waals surface area contributed by atoms with E-state index in [2.05, 4.69) is 4.90 Å². The highest BCUT2D eigenvalue weighted by atomic mass is 16.5. The SMILES string of the molecule is NC1CCN(CCCC2COC2)CC1. The van der Waals surface area contributed by atoms with Gasteiger partial charge < -0.3 is 15.4 Å². The molecule has 0 amide bonds. The van der Waals surface area contributed by atoms with Crippen molar-refractivity contribution in [1.29, 1.82) is 0 Å². The van der Waals surface area contributed by atoms with E-state index < -0.39 is 0 Å². The van der Waals surface area contributed by atoms with E-state index in [9.17, 15) is 0 Å². The lowest BCUT2D eigenvalue weighted by Gasteiger charge is -2.31. The number of piperidine rings is 1. The van der Waals surface area contributed by atoms with Gasteiger partial charge in [-0.2, -0.15) is 0 Å². The number of nitrogens with two attached hydrogens (primary N) is 1. The Balaban J connectivity index is 1.52. The third kappa shape index (κ3) is 2.94. The zero-order valence-electron chi connectivity index (χ0n) is 8.95. The molecular formula is C11H22N2O. The van der Waals surface area contributed by atoms with Crippen molar-refractivity contribution in [3.63, 3.8) is 0 Å². The first kappa shape index (κ1) is 10.4. The van der Waals surface area contributed by atoms with E-state index in [-0.39, 0.29) is 0 Å². The zero-order chi connectivity index (χ0) is 9.80. The topological polar surface area (TPSA) is 38.5 Å². The normalized spacial score (nSPS) is 26.4. The van der Waals surface area contributed by atoms with Gasteiger partial charge in [0.05, 0.1) is 13.2 Å². The maximum atomic E-state index is 5.86. The van der Waals surface area contributed by atoms with Crippen LogP contribution in [0.1, 0.15) is 25.7 Å². The van der Waals surface area contributed by atoms with E-state index in [1.807, 2.05) is 0 Å². The summed E-state index contributed by atoms with van der Waals surface area (Å²) in [5.74, 6) is 0.863. The third-order valence-corrected chi connectivity index (χ3v) is 3.43. The highest BCUT2D eigenvalue weighted by Crippen LogP contribution is 2.17. The summed E-state index contributed by atoms with van der Waals surface area (Å²) in [4.78, 5) is 2.56. The van der Waals surface area contributed by atoms with Crippen LogP contribution in [0.2, 0.25) is 0 Å². The van der Waals surface area contributed by atoms with Crippen LogP contribution in [-0.4, -0.2) is 43.8 Å². The zero-order valence-corrected chi connectivity index (χ0v) is 8.95. The van der Waals surface area contributed by atoms with Gasteiger partial charge >= 0.3 is 0 Å². The summed E-state index contributed by atoms with van der Waals surface area (Å²) in [6.45, 7) is 5.70. The molecule has 14 heavy (non-hydrogen) atoms. The van der Waals surface area contributed by atoms with Gasteiger partial charge in [0.2, 0.25) is 0 Å². The smallest absolute Gasteiger partial charge is 0.0516 e. The van der Waals surface area contributed by atoms with Gasteiger partial charge in [0, 0.05) is 12.0 Å². The second-order valence-corrected chi connectivity index (χ2v) is 4.72. The first-order valence-electron chi connectivity index (χ1n) is 5.90. The number of rotatable bonds is 4. The Bertz CT molecular complexity index is 163. The van der Waals surface area contributed by atoms with Gasteiger partial charge in [-0.3, -0.25) is 0 Å². The molecule has 0 aromatic heterocycles. The lowest BCUT2D eigenvalue weighted by molar-refractivity contribution is -0.0372. The van der Waals surface area contributed by atoms with E-state index in [0.29, 0.717) is 6.04 Å². The van der Waals surface area contributed by atoms with E-state index in [4.69, 9.17) is 10.5 Å². The van der Waals surface area contributed by atoms with Crippen molar-refractivity contribution in [3.05, 3.63) is 0 Å². The van der Waals surface area contributed by atoms with Crippen LogP contribution in [0.4, 0.5) is 0 Å². The van der Waals surface area contributed by atoms with Gasteiger partial charge in [0.25, 0.3) is 0 Å². The predicted molar refractivity (Wildman–Crippen MR) is 57.2 cm³/mol. The molecule has 2 N–H and O–H groups in total. The second-order valence-electron chi connectivity index (χ2n) is 4.72. The molecule has 2 aliphatic rings. The molecule has 3 heteroatoms. The van der Waals surface area contributed by atoms with Crippen molar-refractivity contribution in [3.8, 4) is 0 Å². The van der Waals surface area contributed by atoms with Gasteiger partial charge in [-0.25, -0.2) is 0 Å². The molecule has 0 atom stereocenters. The number of nitrogens with zero attached hydrogens (tertiary/aromatic N) is 1. The van der Waals surface area contributed by atoms with Crippen molar-refractivity contribution in [1.82, 2.24) is 4.90 Å². The molecule has 0 aliphatic carbocycles. The Labute approximate surface area is 86.6 Å². The Morgan fingerprint density at radius 1 is 1.21 bits per heavy atom. The first-order chi connectivity index (χ1) is 6.84. The van der Waals surface area contributed by atoms with Gasteiger partial charge in [0.1, 0.15) is 0 Å². The molecule has 0 unspecified atom stereocenters. The standard InChI is InChI=1S/C11H22N2O/c12-11-3-6-13(7-4-11)5-1-2-10-8-14-9-10/h10-11H,1-9,12H2. The summed E-state index contributed by atoms with van der Waals surface area (Å²) < 4.78 is 5.16. The molecule has 2 heterocycles. The van der Waals surface area contributed by atoms with Crippen LogP contribution < -0.4 is 5.73 Å². The molecule has 0 bridgehead atoms. The maximum Gasteiger partial charge on any atom is 0.0516 e. The highest BCUT2D eigenvalue weighted by molar-refractivity contribution is 4.74. The molecule has 2 rings (SSSR count). The van der Waals surface area contributed by atoms with Crippen molar-refractivity contribution in [2.45, 2.75) is 31.7 Å². The van der Waals surface area contributed by atoms with Crippen LogP contribution in [0, 0.1) is 5.92 Å². The van der Waals surface area contributed by atoms with Crippen molar-refractivity contribution in [2.75, 3.05) is 32.8 Å². The highest BCUT2D eigenvalue weighted by Gasteiger charge is 2.19. The van der Waals surface area contributed by atoms with E-state index in [1.165, 1.54) is 45.3 Å². The van der Waals surface area contributed by atoms with Gasteiger partial charge in [0.15, 0.2) is 0 Å². The molecule has 0 saturated carbocycles. The van der Waals surface area contributed by atoms with E-state index >= 15 is 0 Å². The predicted octanol–water partition coefficient (Wildman–Crippen LogP) is 0.836. The Kier molecular flexibility index (Phi) is 3.79. The fraction of sp³-hybridized carbons (Fsp3) is 1.00. The molecule has 0 spiro atoms. The van der Waals surface area contributed by atoms with E-state index in [1.54, 1.807) is 0 Å². The van der Waals surface area contributed by atoms with Crippen LogP contribution in [0.15, 0.2) is 0 Å². The van der Waals surface area contributed by atoms with Crippen LogP contribution in [0.3, 0.4) is 0 Å². The maximum absolute atomic E-state index is 5.86. The second kappa shape index (κ2) is 5.10. The van der Waals surface area contributed by atoms with Crippen molar-refractivity contribution in [2.24, 2.45) is 11.7 Å². The van der Waals surface area contributed by atoms with Gasteiger partial charge in [-0.1, -0.05) is 0 Å². The molecule has 2 saturated heterocycles. The molecule has 0 aromatic carbocycles. The minimum absolute atomic E-state index is 0.464. The van der Waals surface area contributed by atoms with Crippen LogP contribution in [0.5, 0.6) is 0 Å². The molecule has 0 aromatic rings. The summed E-state index contributed by atoms with van der Waals surface area (Å²) in [7, 11) is 0. The fourth-order valence-electron chi connectivity index (χ4n) is 2.23. The van der Waals surface area contributed by atoms with Crippen LogP contribution >= 0.6 is 0 Å². The summed E-state index contributed by atoms with van der Waals surface area (Å²) in [6, 6.07) is 0.464. The Hall–Kier alpha value is -0.120. The minimum Gasteiger partial charge on any atom is -0.381 e. The minimum atomic E-state index is 0.464. The Morgan fingerprint density at radius 3 is 2.50 bits per heavy atom. The van der Waals surface area contributed by atoms with Crippen molar-refractivity contribution < 1.29 is 4.74 Å². The fourth-order valence-corrected chi connectivity index (χ4v) is 2.23. The van der Waals surface area contributed by atoms with Crippen molar-refractivity contribution >= 4 is 0 Å². The number of hydrogen-bond acceptors (Lipinski definition) is 3. The number of ether oxygens (including phenoxy) is 1. The summed E-state index contributed by atoms with van der Waals surface area (Å²) >= 11 is 0. The molecule has 82 valence electrons. The first-order valence-corrected chi connectivity index (χ1v) is 5.90. The lowest BCUT2D eigenvalue weighted by Crippen LogP contribution is -2.40. The number of hydrogen-bond donors (Lipinski definition) is 1. The Morgan fingerprint density at radius 2 is 1.93 bits per heavy atom. The van der Waals surface area contributed by atoms with Crippen LogP contribution in [-0.2, 0) is 4.74 Å². The lowest BCUT2D eigenvalue weighted by atomic mass is 10.0. The third-order valence-electron chi connectivity index (χ3n) is 3.43. The van der Waals surface area contributed by atoms with E-state index in [0.717, 1.165) is 19.1 Å². The largest absolute Gasteiger partial charge is 0.381 e. The molecule has 2 aliphatic heterocycles. The quantitative estimate of drug-likeness (QED) is 0.727. The van der Waals surface area contributed by atoms with Crippen LogP contribution in [0.25, 0.3) is 0 Å².